The predicted octanol–water partition coefficient (Wildman–Crippen LogP) is 5.40. The second-order valence-corrected chi connectivity index (χ2v) is 9.83. The average molecular weight is 453 g/mol. The molecule has 0 spiro atoms. The summed E-state index contributed by atoms with van der Waals surface area (Å²) in [6.45, 7) is 6.60. The van der Waals surface area contributed by atoms with Gasteiger partial charge in [-0.2, -0.15) is 0 Å². The quantitative estimate of drug-likeness (QED) is 0.525. The summed E-state index contributed by atoms with van der Waals surface area (Å²) in [5.74, 6) is 1.17. The van der Waals surface area contributed by atoms with Crippen molar-refractivity contribution < 1.29 is 9.59 Å². The summed E-state index contributed by atoms with van der Waals surface area (Å²) in [4.78, 5) is 28.3. The molecule has 3 rings (SSSR count). The molecule has 32 heavy (non-hydrogen) atoms. The van der Waals surface area contributed by atoms with Gasteiger partial charge in [-0.3, -0.25) is 9.59 Å². The summed E-state index contributed by atoms with van der Waals surface area (Å²) < 4.78 is 0. The fraction of sp³-hybridized carbons (Fsp3) is 0.481. The average Bonchev–Trinajstić information content (AvgIpc) is 3.29. The molecule has 1 N–H and O–H groups in total. The van der Waals surface area contributed by atoms with Gasteiger partial charge in [0.1, 0.15) is 6.04 Å². The van der Waals surface area contributed by atoms with E-state index in [1.165, 1.54) is 24.0 Å². The molecule has 0 heterocycles. The van der Waals surface area contributed by atoms with Gasteiger partial charge in [-0.1, -0.05) is 73.9 Å². The molecule has 0 radical (unpaired) electrons. The lowest BCUT2D eigenvalue weighted by Gasteiger charge is -2.32. The van der Waals surface area contributed by atoms with Crippen LogP contribution in [-0.4, -0.2) is 34.6 Å². The molecule has 1 unspecified atom stereocenters. The number of thioether (sulfide) groups is 1. The minimum atomic E-state index is -0.442. The van der Waals surface area contributed by atoms with Crippen molar-refractivity contribution in [1.29, 1.82) is 0 Å². The largest absolute Gasteiger partial charge is 0.352 e. The highest BCUT2D eigenvalue weighted by atomic mass is 32.2. The number of carbonyl (C=O) groups excluding carboxylic acids is 2. The highest BCUT2D eigenvalue weighted by molar-refractivity contribution is 7.99. The van der Waals surface area contributed by atoms with Crippen molar-refractivity contribution in [2.75, 3.05) is 5.75 Å². The summed E-state index contributed by atoms with van der Waals surface area (Å²) in [7, 11) is 0. The maximum Gasteiger partial charge on any atom is 0.243 e. The molecular formula is C27H36N2O2S. The standard InChI is InChI=1S/C27H36N2O2S/c1-4-25(27(31)28-24-11-7-8-12-24)29(17-23-10-6-5-9-21(23)3)26(30)19-32-18-22-15-13-20(2)14-16-22/h5-6,9-10,13-16,24-25H,4,7-8,11-12,17-19H2,1-3H3,(H,28,31). The molecule has 5 heteroatoms. The molecule has 0 bridgehead atoms. The van der Waals surface area contributed by atoms with Gasteiger partial charge >= 0.3 is 0 Å². The monoisotopic (exact) mass is 452 g/mol. The summed E-state index contributed by atoms with van der Waals surface area (Å²) in [6, 6.07) is 16.4. The van der Waals surface area contributed by atoms with Crippen LogP contribution in [0.25, 0.3) is 0 Å². The summed E-state index contributed by atoms with van der Waals surface area (Å²) >= 11 is 1.61. The van der Waals surface area contributed by atoms with Gasteiger partial charge in [-0.25, -0.2) is 0 Å². The Morgan fingerprint density at radius 2 is 1.75 bits per heavy atom. The fourth-order valence-corrected chi connectivity index (χ4v) is 5.15. The number of benzene rings is 2. The van der Waals surface area contributed by atoms with Crippen molar-refractivity contribution in [3.8, 4) is 0 Å². The molecule has 172 valence electrons. The summed E-state index contributed by atoms with van der Waals surface area (Å²) in [5.41, 5.74) is 4.68. The van der Waals surface area contributed by atoms with E-state index in [0.717, 1.165) is 29.7 Å². The number of carbonyl (C=O) groups is 2. The highest BCUT2D eigenvalue weighted by Gasteiger charge is 2.30. The third kappa shape index (κ3) is 6.86. The van der Waals surface area contributed by atoms with Crippen molar-refractivity contribution in [3.05, 3.63) is 70.8 Å². The highest BCUT2D eigenvalue weighted by Crippen LogP contribution is 2.21. The number of rotatable bonds is 10. The molecule has 1 fully saturated rings. The second-order valence-electron chi connectivity index (χ2n) is 8.84. The van der Waals surface area contributed by atoms with E-state index in [9.17, 15) is 9.59 Å². The van der Waals surface area contributed by atoms with Gasteiger partial charge in [-0.05, 0) is 49.8 Å². The first kappa shape index (κ1) is 24.4. The van der Waals surface area contributed by atoms with E-state index >= 15 is 0 Å². The lowest BCUT2D eigenvalue weighted by Crippen LogP contribution is -2.51. The number of amides is 2. The second kappa shape index (κ2) is 12.1. The molecule has 2 aromatic carbocycles. The van der Waals surface area contributed by atoms with Crippen LogP contribution in [0.15, 0.2) is 48.5 Å². The zero-order valence-corrected chi connectivity index (χ0v) is 20.4. The third-order valence-corrected chi connectivity index (χ3v) is 7.29. The van der Waals surface area contributed by atoms with E-state index in [1.54, 1.807) is 16.7 Å². The summed E-state index contributed by atoms with van der Waals surface area (Å²) in [5, 5.41) is 3.21. The Hall–Kier alpha value is -2.27. The minimum Gasteiger partial charge on any atom is -0.352 e. The molecule has 1 saturated carbocycles. The molecular weight excluding hydrogens is 416 g/mol. The van der Waals surface area contributed by atoms with Crippen LogP contribution in [0, 0.1) is 13.8 Å². The van der Waals surface area contributed by atoms with Crippen LogP contribution in [0.4, 0.5) is 0 Å². The first-order valence-electron chi connectivity index (χ1n) is 11.8. The van der Waals surface area contributed by atoms with Crippen LogP contribution in [0.1, 0.15) is 61.3 Å². The Morgan fingerprint density at radius 3 is 2.41 bits per heavy atom. The lowest BCUT2D eigenvalue weighted by molar-refractivity contribution is -0.139. The lowest BCUT2D eigenvalue weighted by atomic mass is 10.1. The van der Waals surface area contributed by atoms with Crippen LogP contribution < -0.4 is 5.32 Å². The van der Waals surface area contributed by atoms with E-state index in [4.69, 9.17) is 0 Å². The van der Waals surface area contributed by atoms with Gasteiger partial charge in [0, 0.05) is 18.3 Å². The Balaban J connectivity index is 1.70. The molecule has 1 aliphatic rings. The molecule has 1 aliphatic carbocycles. The number of nitrogens with zero attached hydrogens (tertiary/aromatic N) is 1. The molecule has 0 aromatic heterocycles. The molecule has 2 amide bonds. The minimum absolute atomic E-state index is 0.00938. The smallest absolute Gasteiger partial charge is 0.243 e. The van der Waals surface area contributed by atoms with Crippen LogP contribution in [0.2, 0.25) is 0 Å². The van der Waals surface area contributed by atoms with E-state index in [2.05, 4.69) is 55.6 Å². The maximum atomic E-state index is 13.4. The van der Waals surface area contributed by atoms with Crippen LogP contribution >= 0.6 is 11.8 Å². The van der Waals surface area contributed by atoms with Gasteiger partial charge in [0.15, 0.2) is 0 Å². The van der Waals surface area contributed by atoms with Crippen molar-refractivity contribution in [2.24, 2.45) is 0 Å². The van der Waals surface area contributed by atoms with Gasteiger partial charge in [0.25, 0.3) is 0 Å². The Labute approximate surface area is 197 Å². The van der Waals surface area contributed by atoms with Crippen molar-refractivity contribution in [1.82, 2.24) is 10.2 Å². The van der Waals surface area contributed by atoms with E-state index in [-0.39, 0.29) is 17.9 Å². The SMILES string of the molecule is CCC(C(=O)NC1CCCC1)N(Cc1ccccc1C)C(=O)CSCc1ccc(C)cc1. The molecule has 0 saturated heterocycles. The Bertz CT molecular complexity index is 891. The first-order chi connectivity index (χ1) is 15.5. The third-order valence-electron chi connectivity index (χ3n) is 6.30. The zero-order chi connectivity index (χ0) is 22.9. The number of hydrogen-bond acceptors (Lipinski definition) is 3. The Kier molecular flexibility index (Phi) is 9.22. The van der Waals surface area contributed by atoms with Gasteiger partial charge < -0.3 is 10.2 Å². The van der Waals surface area contributed by atoms with Gasteiger partial charge in [-0.15, -0.1) is 11.8 Å². The van der Waals surface area contributed by atoms with Gasteiger partial charge in [0.2, 0.25) is 11.8 Å². The topological polar surface area (TPSA) is 49.4 Å². The van der Waals surface area contributed by atoms with E-state index in [0.29, 0.717) is 18.7 Å². The van der Waals surface area contributed by atoms with Crippen LogP contribution in [-0.2, 0) is 21.9 Å². The maximum absolute atomic E-state index is 13.4. The van der Waals surface area contributed by atoms with Crippen LogP contribution in [0.5, 0.6) is 0 Å². The molecule has 1 atom stereocenters. The Morgan fingerprint density at radius 1 is 1.06 bits per heavy atom. The predicted molar refractivity (Wildman–Crippen MR) is 134 cm³/mol. The van der Waals surface area contributed by atoms with Gasteiger partial charge in [0.05, 0.1) is 5.75 Å². The molecule has 2 aromatic rings. The van der Waals surface area contributed by atoms with Crippen molar-refractivity contribution >= 4 is 23.6 Å². The van der Waals surface area contributed by atoms with E-state index in [1.807, 2.05) is 19.1 Å². The zero-order valence-electron chi connectivity index (χ0n) is 19.6. The number of aryl methyl sites for hydroxylation is 2. The first-order valence-corrected chi connectivity index (χ1v) is 12.9. The number of hydrogen-bond donors (Lipinski definition) is 1. The van der Waals surface area contributed by atoms with E-state index < -0.39 is 6.04 Å². The van der Waals surface area contributed by atoms with Crippen molar-refractivity contribution in [2.45, 2.75) is 77.3 Å². The molecule has 4 nitrogen and oxygen atoms in total. The normalized spacial score (nSPS) is 14.8. The fourth-order valence-electron chi connectivity index (χ4n) is 4.28. The summed E-state index contributed by atoms with van der Waals surface area (Å²) in [6.07, 6.45) is 5.03. The molecule has 0 aliphatic heterocycles. The van der Waals surface area contributed by atoms with Crippen LogP contribution in [0.3, 0.4) is 0 Å². The van der Waals surface area contributed by atoms with Crippen molar-refractivity contribution in [3.63, 3.8) is 0 Å². The number of nitrogens with one attached hydrogen (secondary N) is 1.